The van der Waals surface area contributed by atoms with Gasteiger partial charge in [0.15, 0.2) is 0 Å². The highest BCUT2D eigenvalue weighted by atomic mass is 32.2. The Morgan fingerprint density at radius 2 is 1.90 bits per heavy atom. The van der Waals surface area contributed by atoms with E-state index >= 15 is 0 Å². The number of anilines is 1. The van der Waals surface area contributed by atoms with E-state index in [2.05, 4.69) is 15.5 Å². The smallest absolute Gasteiger partial charge is 0.286 e. The number of amides is 2. The van der Waals surface area contributed by atoms with Crippen LogP contribution in [0.4, 0.5) is 10.1 Å². The lowest BCUT2D eigenvalue weighted by Crippen LogP contribution is -2.31. The van der Waals surface area contributed by atoms with Crippen molar-refractivity contribution in [3.63, 3.8) is 0 Å². The van der Waals surface area contributed by atoms with E-state index in [4.69, 9.17) is 0 Å². The zero-order valence-corrected chi connectivity index (χ0v) is 17.6. The molecule has 1 atom stereocenters. The summed E-state index contributed by atoms with van der Waals surface area (Å²) in [5, 5.41) is 11.7. The van der Waals surface area contributed by atoms with Crippen LogP contribution in [0.2, 0.25) is 0 Å². The van der Waals surface area contributed by atoms with Crippen LogP contribution >= 0.6 is 23.1 Å². The van der Waals surface area contributed by atoms with Gasteiger partial charge in [-0.05, 0) is 49.2 Å². The molecule has 3 aromatic rings. The lowest BCUT2D eigenvalue weighted by Gasteiger charge is -2.22. The normalized spacial score (nSPS) is 15.9. The summed E-state index contributed by atoms with van der Waals surface area (Å²) >= 11 is 2.70. The van der Waals surface area contributed by atoms with Crippen molar-refractivity contribution in [2.75, 3.05) is 17.6 Å². The van der Waals surface area contributed by atoms with E-state index in [0.717, 1.165) is 17.7 Å². The summed E-state index contributed by atoms with van der Waals surface area (Å²) in [6.45, 7) is 0.676. The van der Waals surface area contributed by atoms with E-state index < -0.39 is 5.91 Å². The number of aromatic nitrogens is 2. The minimum atomic E-state index is -0.402. The average Bonchev–Trinajstić information content (AvgIpc) is 3.44. The number of thioether (sulfide) groups is 1. The third kappa shape index (κ3) is 4.85. The monoisotopic (exact) mass is 442 g/mol. The lowest BCUT2D eigenvalue weighted by molar-refractivity contribution is -0.129. The van der Waals surface area contributed by atoms with E-state index in [1.807, 2.05) is 35.2 Å². The van der Waals surface area contributed by atoms with Gasteiger partial charge in [0, 0.05) is 17.1 Å². The van der Waals surface area contributed by atoms with E-state index in [1.54, 1.807) is 0 Å². The standard InChI is InChI=1S/C21H19FN4O2S2/c22-14-8-10-15(11-9-14)23-19(28)21-25-24-20(30-21)17-7-4-12-26(17)18(27)13-29-16-5-2-1-3-6-16/h1-3,5-6,8-11,17H,4,7,12-13H2,(H,23,28). The predicted molar refractivity (Wildman–Crippen MR) is 115 cm³/mol. The van der Waals surface area contributed by atoms with Crippen LogP contribution in [-0.4, -0.2) is 39.2 Å². The fraction of sp³-hybridized carbons (Fsp3) is 0.238. The van der Waals surface area contributed by atoms with Gasteiger partial charge in [0.25, 0.3) is 5.91 Å². The van der Waals surface area contributed by atoms with Gasteiger partial charge >= 0.3 is 0 Å². The molecule has 2 amide bonds. The molecular weight excluding hydrogens is 423 g/mol. The van der Waals surface area contributed by atoms with Gasteiger partial charge in [0.2, 0.25) is 10.9 Å². The highest BCUT2D eigenvalue weighted by Gasteiger charge is 2.33. The number of nitrogens with one attached hydrogen (secondary N) is 1. The van der Waals surface area contributed by atoms with E-state index in [0.29, 0.717) is 23.0 Å². The molecule has 0 aliphatic carbocycles. The minimum Gasteiger partial charge on any atom is -0.332 e. The Labute approximate surface area is 181 Å². The molecule has 1 unspecified atom stereocenters. The highest BCUT2D eigenvalue weighted by Crippen LogP contribution is 2.34. The Hall–Kier alpha value is -2.78. The summed E-state index contributed by atoms with van der Waals surface area (Å²) in [5.74, 6) is -0.362. The van der Waals surface area contributed by atoms with Crippen molar-refractivity contribution in [3.05, 3.63) is 70.4 Å². The molecule has 6 nitrogen and oxygen atoms in total. The molecule has 2 heterocycles. The van der Waals surface area contributed by atoms with Crippen LogP contribution in [0.5, 0.6) is 0 Å². The van der Waals surface area contributed by atoms with Crippen molar-refractivity contribution in [2.24, 2.45) is 0 Å². The zero-order valence-electron chi connectivity index (χ0n) is 16.0. The van der Waals surface area contributed by atoms with Gasteiger partial charge in [0.05, 0.1) is 11.8 Å². The fourth-order valence-corrected chi connectivity index (χ4v) is 4.94. The third-order valence-electron chi connectivity index (χ3n) is 4.70. The Balaban J connectivity index is 1.39. The second-order valence-electron chi connectivity index (χ2n) is 6.75. The second kappa shape index (κ2) is 9.36. The average molecular weight is 443 g/mol. The van der Waals surface area contributed by atoms with Crippen LogP contribution in [0.15, 0.2) is 59.5 Å². The maximum Gasteiger partial charge on any atom is 0.286 e. The summed E-state index contributed by atoms with van der Waals surface area (Å²) in [6.07, 6.45) is 1.69. The highest BCUT2D eigenvalue weighted by molar-refractivity contribution is 8.00. The summed E-state index contributed by atoms with van der Waals surface area (Å²) in [7, 11) is 0. The van der Waals surface area contributed by atoms with Gasteiger partial charge in [-0.25, -0.2) is 4.39 Å². The van der Waals surface area contributed by atoms with Crippen LogP contribution in [0.25, 0.3) is 0 Å². The van der Waals surface area contributed by atoms with Gasteiger partial charge < -0.3 is 10.2 Å². The maximum absolute atomic E-state index is 13.0. The Bertz CT molecular complexity index is 1030. The molecule has 0 spiro atoms. The largest absolute Gasteiger partial charge is 0.332 e. The van der Waals surface area contributed by atoms with Gasteiger partial charge in [-0.1, -0.05) is 29.5 Å². The number of halogens is 1. The molecule has 1 aliphatic heterocycles. The number of hydrogen-bond acceptors (Lipinski definition) is 6. The van der Waals surface area contributed by atoms with Gasteiger partial charge in [-0.3, -0.25) is 9.59 Å². The zero-order chi connectivity index (χ0) is 20.9. The molecule has 1 aliphatic rings. The Kier molecular flexibility index (Phi) is 6.39. The van der Waals surface area contributed by atoms with E-state index in [-0.39, 0.29) is 22.8 Å². The molecule has 2 aromatic carbocycles. The van der Waals surface area contributed by atoms with E-state index in [9.17, 15) is 14.0 Å². The van der Waals surface area contributed by atoms with Gasteiger partial charge in [-0.15, -0.1) is 22.0 Å². The van der Waals surface area contributed by atoms with Crippen molar-refractivity contribution in [1.82, 2.24) is 15.1 Å². The molecule has 9 heteroatoms. The quantitative estimate of drug-likeness (QED) is 0.573. The van der Waals surface area contributed by atoms with Crippen LogP contribution < -0.4 is 5.32 Å². The number of carbonyl (C=O) groups excluding carboxylic acids is 2. The topological polar surface area (TPSA) is 75.2 Å². The molecule has 1 fully saturated rings. The first-order valence-electron chi connectivity index (χ1n) is 9.48. The van der Waals surface area contributed by atoms with E-state index in [1.165, 1.54) is 47.4 Å². The van der Waals surface area contributed by atoms with Crippen molar-refractivity contribution in [1.29, 1.82) is 0 Å². The number of benzene rings is 2. The van der Waals surface area contributed by atoms with Gasteiger partial charge in [-0.2, -0.15) is 0 Å². The van der Waals surface area contributed by atoms with Crippen LogP contribution in [0.1, 0.15) is 33.7 Å². The SMILES string of the molecule is O=C(Nc1ccc(F)cc1)c1nnc(C2CCCN2C(=O)CSc2ccccc2)s1. The van der Waals surface area contributed by atoms with Gasteiger partial charge in [0.1, 0.15) is 10.8 Å². The van der Waals surface area contributed by atoms with Crippen molar-refractivity contribution >= 4 is 40.6 Å². The summed E-state index contributed by atoms with van der Waals surface area (Å²) in [6, 6.07) is 15.2. The minimum absolute atomic E-state index is 0.0545. The molecular formula is C21H19FN4O2S2. The van der Waals surface area contributed by atoms with Crippen LogP contribution in [0.3, 0.4) is 0 Å². The van der Waals surface area contributed by atoms with Crippen molar-refractivity contribution in [2.45, 2.75) is 23.8 Å². The Morgan fingerprint density at radius 1 is 1.13 bits per heavy atom. The lowest BCUT2D eigenvalue weighted by atomic mass is 10.2. The Morgan fingerprint density at radius 3 is 2.67 bits per heavy atom. The number of likely N-dealkylation sites (tertiary alicyclic amines) is 1. The third-order valence-corrected chi connectivity index (χ3v) is 6.72. The number of nitrogens with zero attached hydrogens (tertiary/aromatic N) is 3. The first-order valence-corrected chi connectivity index (χ1v) is 11.3. The molecule has 0 radical (unpaired) electrons. The predicted octanol–water partition coefficient (Wildman–Crippen LogP) is 4.39. The molecule has 1 N–H and O–H groups in total. The van der Waals surface area contributed by atoms with Crippen LogP contribution in [0, 0.1) is 5.82 Å². The number of rotatable bonds is 6. The summed E-state index contributed by atoms with van der Waals surface area (Å²) in [4.78, 5) is 28.1. The summed E-state index contributed by atoms with van der Waals surface area (Å²) in [5.41, 5.74) is 0.480. The first-order chi connectivity index (χ1) is 14.6. The van der Waals surface area contributed by atoms with Crippen molar-refractivity contribution < 1.29 is 14.0 Å². The molecule has 1 saturated heterocycles. The summed E-state index contributed by atoms with van der Waals surface area (Å²) < 4.78 is 13.0. The molecule has 0 saturated carbocycles. The molecule has 1 aromatic heterocycles. The molecule has 154 valence electrons. The second-order valence-corrected chi connectivity index (χ2v) is 8.81. The molecule has 4 rings (SSSR count). The molecule has 30 heavy (non-hydrogen) atoms. The fourth-order valence-electron chi connectivity index (χ4n) is 3.25. The maximum atomic E-state index is 13.0. The first kappa shape index (κ1) is 20.5. The van der Waals surface area contributed by atoms with Crippen LogP contribution in [-0.2, 0) is 4.79 Å². The van der Waals surface area contributed by atoms with Crippen molar-refractivity contribution in [3.8, 4) is 0 Å². The number of hydrogen-bond donors (Lipinski definition) is 1. The molecule has 0 bridgehead atoms. The number of carbonyl (C=O) groups is 2.